The van der Waals surface area contributed by atoms with Crippen LogP contribution in [-0.2, 0) is 10.0 Å². The molecule has 5 N–H and O–H groups in total. The Morgan fingerprint density at radius 1 is 1.14 bits per heavy atom. The molecular weight excluding hydrogens is 300 g/mol. The zero-order chi connectivity index (χ0) is 15.8. The van der Waals surface area contributed by atoms with E-state index in [2.05, 4.69) is 5.32 Å². The molecule has 0 bridgehead atoms. The Hall–Kier alpha value is -2.19. The maximum Gasteiger partial charge on any atom is 0.240 e. The van der Waals surface area contributed by atoms with Crippen LogP contribution in [0, 0.1) is 18.6 Å². The summed E-state index contributed by atoms with van der Waals surface area (Å²) in [6.45, 7) is 1.50. The third-order valence-corrected chi connectivity index (χ3v) is 3.85. The van der Waals surface area contributed by atoms with Gasteiger partial charge in [0, 0.05) is 5.69 Å². The molecule has 2 rings (SSSR count). The second-order valence-corrected chi connectivity index (χ2v) is 6.01. The first-order valence-corrected chi connectivity index (χ1v) is 7.38. The van der Waals surface area contributed by atoms with Gasteiger partial charge in [-0.3, -0.25) is 0 Å². The van der Waals surface area contributed by atoms with Crippen molar-refractivity contribution in [2.45, 2.75) is 11.8 Å². The Balaban J connectivity index is 2.43. The molecule has 0 aliphatic heterocycles. The summed E-state index contributed by atoms with van der Waals surface area (Å²) in [6, 6.07) is 6.16. The van der Waals surface area contributed by atoms with Crippen LogP contribution in [0.5, 0.6) is 0 Å². The van der Waals surface area contributed by atoms with Crippen LogP contribution in [0.3, 0.4) is 0 Å². The second kappa shape index (κ2) is 5.30. The molecule has 0 unspecified atom stereocenters. The summed E-state index contributed by atoms with van der Waals surface area (Å²) < 4.78 is 50.0. The van der Waals surface area contributed by atoms with Crippen LogP contribution in [0.1, 0.15) is 5.56 Å². The van der Waals surface area contributed by atoms with E-state index >= 15 is 0 Å². The van der Waals surface area contributed by atoms with Crippen LogP contribution < -0.4 is 16.2 Å². The van der Waals surface area contributed by atoms with Crippen molar-refractivity contribution >= 4 is 27.1 Å². The van der Waals surface area contributed by atoms with Gasteiger partial charge in [0.2, 0.25) is 10.0 Å². The molecule has 0 atom stereocenters. The van der Waals surface area contributed by atoms with Gasteiger partial charge < -0.3 is 11.1 Å². The Bertz CT molecular complexity index is 807. The summed E-state index contributed by atoms with van der Waals surface area (Å²) in [5, 5.41) is 7.52. The van der Waals surface area contributed by atoms with Crippen LogP contribution in [0.15, 0.2) is 35.2 Å². The smallest absolute Gasteiger partial charge is 0.240 e. The molecule has 112 valence electrons. The number of anilines is 3. The first-order valence-electron chi connectivity index (χ1n) is 5.84. The number of nitrogens with two attached hydrogens (primary N) is 2. The van der Waals surface area contributed by atoms with Gasteiger partial charge >= 0.3 is 0 Å². The lowest BCUT2D eigenvalue weighted by Gasteiger charge is -2.12. The van der Waals surface area contributed by atoms with Crippen LogP contribution >= 0.6 is 0 Å². The Kier molecular flexibility index (Phi) is 3.84. The lowest BCUT2D eigenvalue weighted by Crippen LogP contribution is -2.14. The van der Waals surface area contributed by atoms with Crippen molar-refractivity contribution in [3.05, 3.63) is 47.5 Å². The van der Waals surface area contributed by atoms with Gasteiger partial charge in [0.15, 0.2) is 5.82 Å². The maximum absolute atomic E-state index is 13.9. The van der Waals surface area contributed by atoms with Gasteiger partial charge in [-0.15, -0.1) is 0 Å². The predicted octanol–water partition coefficient (Wildman–Crippen LogP) is 2.25. The first-order chi connectivity index (χ1) is 9.70. The molecule has 21 heavy (non-hydrogen) atoms. The van der Waals surface area contributed by atoms with Crippen molar-refractivity contribution in [3.63, 3.8) is 0 Å². The molecule has 0 fully saturated rings. The van der Waals surface area contributed by atoms with E-state index in [1.165, 1.54) is 31.2 Å². The fraction of sp³-hybridized carbons (Fsp3) is 0.0769. The van der Waals surface area contributed by atoms with E-state index in [-0.39, 0.29) is 27.5 Å². The van der Waals surface area contributed by atoms with Gasteiger partial charge in [-0.05, 0) is 36.8 Å². The molecule has 0 radical (unpaired) electrons. The fourth-order valence-electron chi connectivity index (χ4n) is 1.80. The molecule has 8 heteroatoms. The van der Waals surface area contributed by atoms with Crippen molar-refractivity contribution in [2.24, 2.45) is 5.14 Å². The van der Waals surface area contributed by atoms with Crippen molar-refractivity contribution in [3.8, 4) is 0 Å². The Morgan fingerprint density at radius 2 is 1.81 bits per heavy atom. The lowest BCUT2D eigenvalue weighted by atomic mass is 10.2. The number of benzene rings is 2. The minimum Gasteiger partial charge on any atom is -0.398 e. The van der Waals surface area contributed by atoms with Crippen LogP contribution in [0.25, 0.3) is 0 Å². The van der Waals surface area contributed by atoms with Crippen molar-refractivity contribution in [1.29, 1.82) is 0 Å². The van der Waals surface area contributed by atoms with Gasteiger partial charge in [0.25, 0.3) is 0 Å². The number of hydrogen-bond donors (Lipinski definition) is 3. The van der Waals surface area contributed by atoms with Crippen LogP contribution in [0.4, 0.5) is 25.8 Å². The summed E-state index contributed by atoms with van der Waals surface area (Å²) in [6.07, 6.45) is 0. The number of aryl methyl sites for hydroxylation is 1. The molecule has 0 spiro atoms. The van der Waals surface area contributed by atoms with E-state index < -0.39 is 21.7 Å². The zero-order valence-electron chi connectivity index (χ0n) is 11.0. The number of nitrogens with one attached hydrogen (secondary N) is 1. The summed E-state index contributed by atoms with van der Waals surface area (Å²) in [5.41, 5.74) is 5.64. The Labute approximate surface area is 120 Å². The lowest BCUT2D eigenvalue weighted by molar-refractivity contribution is 0.585. The summed E-state index contributed by atoms with van der Waals surface area (Å²) >= 11 is 0. The highest BCUT2D eigenvalue weighted by Crippen LogP contribution is 2.28. The average molecular weight is 313 g/mol. The number of nitrogen functional groups attached to an aromatic ring is 1. The molecule has 0 saturated carbocycles. The topological polar surface area (TPSA) is 98.2 Å². The molecule has 0 aliphatic carbocycles. The molecule has 0 amide bonds. The number of halogens is 2. The van der Waals surface area contributed by atoms with Gasteiger partial charge in [-0.25, -0.2) is 22.3 Å². The third kappa shape index (κ3) is 3.11. The van der Waals surface area contributed by atoms with Crippen molar-refractivity contribution in [1.82, 2.24) is 0 Å². The van der Waals surface area contributed by atoms with E-state index in [9.17, 15) is 17.2 Å². The number of primary sulfonamides is 1. The Morgan fingerprint density at radius 3 is 2.38 bits per heavy atom. The number of sulfonamides is 1. The average Bonchev–Trinajstić information content (AvgIpc) is 2.38. The van der Waals surface area contributed by atoms with Gasteiger partial charge in [-0.1, -0.05) is 6.07 Å². The van der Waals surface area contributed by atoms with Gasteiger partial charge in [0.1, 0.15) is 16.4 Å². The number of hydrogen-bond acceptors (Lipinski definition) is 4. The van der Waals surface area contributed by atoms with Crippen molar-refractivity contribution < 1.29 is 17.2 Å². The first kappa shape index (κ1) is 15.2. The molecular formula is C13H13F2N3O2S. The highest BCUT2D eigenvalue weighted by Gasteiger charge is 2.15. The van der Waals surface area contributed by atoms with Crippen molar-refractivity contribution in [2.75, 3.05) is 11.1 Å². The summed E-state index contributed by atoms with van der Waals surface area (Å²) in [5.74, 6) is -1.50. The maximum atomic E-state index is 13.9. The van der Waals surface area contributed by atoms with Gasteiger partial charge in [0.05, 0.1) is 5.69 Å². The molecule has 2 aromatic rings. The van der Waals surface area contributed by atoms with E-state index in [4.69, 9.17) is 10.9 Å². The standard InChI is InChI=1S/C13H13F2N3O2S/c1-7-2-4-9(14)13(12(7)15)18-8-3-5-11(10(16)6-8)21(17,19)20/h2-6,18H,16H2,1H3,(H2,17,19,20). The van der Waals surface area contributed by atoms with E-state index in [1.807, 2.05) is 0 Å². The van der Waals surface area contributed by atoms with E-state index in [0.717, 1.165) is 6.07 Å². The quantitative estimate of drug-likeness (QED) is 0.757. The van der Waals surface area contributed by atoms with Crippen LogP contribution in [-0.4, -0.2) is 8.42 Å². The van der Waals surface area contributed by atoms with E-state index in [0.29, 0.717) is 0 Å². The fourth-order valence-corrected chi connectivity index (χ4v) is 2.45. The highest BCUT2D eigenvalue weighted by atomic mass is 32.2. The molecule has 0 aliphatic rings. The molecule has 2 aromatic carbocycles. The minimum atomic E-state index is -3.95. The SMILES string of the molecule is Cc1ccc(F)c(Nc2ccc(S(N)(=O)=O)c(N)c2)c1F. The molecule has 5 nitrogen and oxygen atoms in total. The largest absolute Gasteiger partial charge is 0.398 e. The minimum absolute atomic E-state index is 0.115. The normalized spacial score (nSPS) is 11.4. The molecule has 0 aromatic heterocycles. The van der Waals surface area contributed by atoms with E-state index in [1.54, 1.807) is 0 Å². The number of rotatable bonds is 3. The predicted molar refractivity (Wildman–Crippen MR) is 76.6 cm³/mol. The zero-order valence-corrected chi connectivity index (χ0v) is 11.8. The highest BCUT2D eigenvalue weighted by molar-refractivity contribution is 7.89. The summed E-state index contributed by atoms with van der Waals surface area (Å²) in [4.78, 5) is -0.252. The molecule has 0 heterocycles. The van der Waals surface area contributed by atoms with Gasteiger partial charge in [-0.2, -0.15) is 0 Å². The summed E-state index contributed by atoms with van der Waals surface area (Å²) in [7, 11) is -3.95. The monoisotopic (exact) mass is 313 g/mol. The van der Waals surface area contributed by atoms with Crippen LogP contribution in [0.2, 0.25) is 0 Å². The second-order valence-electron chi connectivity index (χ2n) is 4.48. The molecule has 0 saturated heterocycles. The third-order valence-electron chi connectivity index (χ3n) is 2.87.